The Morgan fingerprint density at radius 2 is 1.86 bits per heavy atom. The topological polar surface area (TPSA) is 41.5 Å². The molecule has 0 saturated heterocycles. The van der Waals surface area contributed by atoms with E-state index in [1.165, 1.54) is 32.1 Å². The van der Waals surface area contributed by atoms with Crippen LogP contribution in [0.4, 0.5) is 0 Å². The molecule has 1 atom stereocenters. The van der Waals surface area contributed by atoms with Crippen LogP contribution in [-0.2, 0) is 0 Å². The first-order valence-electron chi connectivity index (χ1n) is 8.24. The van der Waals surface area contributed by atoms with Crippen LogP contribution in [0.15, 0.2) is 18.2 Å². The van der Waals surface area contributed by atoms with Crippen molar-refractivity contribution in [3.05, 3.63) is 29.3 Å². The minimum atomic E-state index is -0.451. The Hall–Kier alpha value is -1.06. The van der Waals surface area contributed by atoms with E-state index >= 15 is 0 Å². The Morgan fingerprint density at radius 3 is 2.52 bits per heavy atom. The summed E-state index contributed by atoms with van der Waals surface area (Å²) in [6.07, 6.45) is 6.34. The van der Waals surface area contributed by atoms with Gasteiger partial charge in [0.25, 0.3) is 0 Å². The van der Waals surface area contributed by atoms with Gasteiger partial charge in [-0.2, -0.15) is 0 Å². The molecule has 118 valence electrons. The van der Waals surface area contributed by atoms with E-state index < -0.39 is 6.10 Å². The SMILES string of the molecule is Cc1cccc(C)c1OCC(O)CNCC1CCCCC1. The molecule has 0 spiro atoms. The van der Waals surface area contributed by atoms with Crippen molar-refractivity contribution >= 4 is 0 Å². The van der Waals surface area contributed by atoms with E-state index in [1.54, 1.807) is 0 Å². The number of ether oxygens (including phenoxy) is 1. The predicted octanol–water partition coefficient (Wildman–Crippen LogP) is 3.21. The molecule has 1 saturated carbocycles. The maximum Gasteiger partial charge on any atom is 0.125 e. The monoisotopic (exact) mass is 291 g/mol. The van der Waals surface area contributed by atoms with Crippen LogP contribution in [0.3, 0.4) is 0 Å². The number of benzene rings is 1. The molecular weight excluding hydrogens is 262 g/mol. The van der Waals surface area contributed by atoms with Crippen molar-refractivity contribution < 1.29 is 9.84 Å². The molecule has 1 aromatic rings. The lowest BCUT2D eigenvalue weighted by molar-refractivity contribution is 0.104. The molecule has 0 aliphatic heterocycles. The van der Waals surface area contributed by atoms with Gasteiger partial charge < -0.3 is 15.2 Å². The standard InChI is InChI=1S/C18H29NO2/c1-14-7-6-8-15(2)18(14)21-13-17(20)12-19-11-16-9-4-3-5-10-16/h6-8,16-17,19-20H,3-5,9-13H2,1-2H3. The fraction of sp³-hybridized carbons (Fsp3) is 0.667. The van der Waals surface area contributed by atoms with Gasteiger partial charge in [0.2, 0.25) is 0 Å². The highest BCUT2D eigenvalue weighted by atomic mass is 16.5. The van der Waals surface area contributed by atoms with Crippen LogP contribution in [0, 0.1) is 19.8 Å². The molecule has 2 rings (SSSR count). The number of aliphatic hydroxyl groups excluding tert-OH is 1. The fourth-order valence-electron chi connectivity index (χ4n) is 3.11. The zero-order valence-electron chi connectivity index (χ0n) is 13.4. The van der Waals surface area contributed by atoms with Gasteiger partial charge in [0.1, 0.15) is 18.5 Å². The first-order valence-corrected chi connectivity index (χ1v) is 8.24. The van der Waals surface area contributed by atoms with Gasteiger partial charge in [-0.15, -0.1) is 0 Å². The smallest absolute Gasteiger partial charge is 0.125 e. The van der Waals surface area contributed by atoms with Gasteiger partial charge >= 0.3 is 0 Å². The first kappa shape index (κ1) is 16.3. The van der Waals surface area contributed by atoms with E-state index in [4.69, 9.17) is 4.74 Å². The number of rotatable bonds is 7. The third kappa shape index (κ3) is 5.33. The second-order valence-corrected chi connectivity index (χ2v) is 6.35. The molecule has 0 heterocycles. The van der Waals surface area contributed by atoms with Gasteiger partial charge in [-0.25, -0.2) is 0 Å². The molecule has 1 unspecified atom stereocenters. The summed E-state index contributed by atoms with van der Waals surface area (Å²) < 4.78 is 5.78. The van der Waals surface area contributed by atoms with Crippen molar-refractivity contribution in [1.29, 1.82) is 0 Å². The third-order valence-electron chi connectivity index (χ3n) is 4.37. The molecule has 21 heavy (non-hydrogen) atoms. The molecule has 1 aliphatic carbocycles. The lowest BCUT2D eigenvalue weighted by Gasteiger charge is -2.22. The number of para-hydroxylation sites is 1. The fourth-order valence-corrected chi connectivity index (χ4v) is 3.11. The van der Waals surface area contributed by atoms with Crippen LogP contribution >= 0.6 is 0 Å². The van der Waals surface area contributed by atoms with E-state index in [9.17, 15) is 5.11 Å². The van der Waals surface area contributed by atoms with Gasteiger partial charge in [-0.3, -0.25) is 0 Å². The lowest BCUT2D eigenvalue weighted by Crippen LogP contribution is -2.34. The minimum Gasteiger partial charge on any atom is -0.490 e. The van der Waals surface area contributed by atoms with Crippen LogP contribution in [-0.4, -0.2) is 30.9 Å². The molecule has 0 amide bonds. The third-order valence-corrected chi connectivity index (χ3v) is 4.37. The molecular formula is C18H29NO2. The molecule has 3 nitrogen and oxygen atoms in total. The number of hydrogen-bond donors (Lipinski definition) is 2. The predicted molar refractivity (Wildman–Crippen MR) is 86.9 cm³/mol. The largest absolute Gasteiger partial charge is 0.490 e. The van der Waals surface area contributed by atoms with Crippen LogP contribution in [0.1, 0.15) is 43.2 Å². The first-order chi connectivity index (χ1) is 10.2. The van der Waals surface area contributed by atoms with Gasteiger partial charge in [0, 0.05) is 6.54 Å². The summed E-state index contributed by atoms with van der Waals surface area (Å²) in [6.45, 7) is 6.07. The highest BCUT2D eigenvalue weighted by Gasteiger charge is 2.14. The normalized spacial score (nSPS) is 17.7. The summed E-state index contributed by atoms with van der Waals surface area (Å²) in [5.41, 5.74) is 2.25. The van der Waals surface area contributed by atoms with Crippen LogP contribution < -0.4 is 10.1 Å². The molecule has 1 aliphatic rings. The van der Waals surface area contributed by atoms with E-state index in [0.29, 0.717) is 13.2 Å². The summed E-state index contributed by atoms with van der Waals surface area (Å²) in [5, 5.41) is 13.4. The number of nitrogens with one attached hydrogen (secondary N) is 1. The number of aliphatic hydroxyl groups is 1. The Labute approximate surface area is 128 Å². The Balaban J connectivity index is 1.66. The zero-order valence-corrected chi connectivity index (χ0v) is 13.4. The van der Waals surface area contributed by atoms with E-state index in [2.05, 4.69) is 5.32 Å². The Morgan fingerprint density at radius 1 is 1.19 bits per heavy atom. The van der Waals surface area contributed by atoms with Gasteiger partial charge in [-0.1, -0.05) is 37.5 Å². The van der Waals surface area contributed by atoms with Crippen LogP contribution in [0.2, 0.25) is 0 Å². The molecule has 0 radical (unpaired) electrons. The van der Waals surface area contributed by atoms with Gasteiger partial charge in [0.05, 0.1) is 0 Å². The summed E-state index contributed by atoms with van der Waals surface area (Å²) in [5.74, 6) is 1.70. The molecule has 1 fully saturated rings. The lowest BCUT2D eigenvalue weighted by atomic mass is 9.89. The van der Waals surface area contributed by atoms with Crippen molar-refractivity contribution in [2.24, 2.45) is 5.92 Å². The van der Waals surface area contributed by atoms with E-state index in [0.717, 1.165) is 29.3 Å². The zero-order chi connectivity index (χ0) is 15.1. The maximum absolute atomic E-state index is 10.0. The summed E-state index contributed by atoms with van der Waals surface area (Å²) >= 11 is 0. The average Bonchev–Trinajstić information content (AvgIpc) is 2.48. The van der Waals surface area contributed by atoms with Crippen molar-refractivity contribution in [1.82, 2.24) is 5.32 Å². The molecule has 0 aromatic heterocycles. The summed E-state index contributed by atoms with van der Waals surface area (Å²) in [6, 6.07) is 6.10. The van der Waals surface area contributed by atoms with Crippen LogP contribution in [0.5, 0.6) is 5.75 Å². The second kappa shape index (κ2) is 8.40. The van der Waals surface area contributed by atoms with E-state index in [-0.39, 0.29) is 0 Å². The maximum atomic E-state index is 10.0. The van der Waals surface area contributed by atoms with Crippen molar-refractivity contribution in [3.8, 4) is 5.75 Å². The average molecular weight is 291 g/mol. The molecule has 0 bridgehead atoms. The molecule has 1 aromatic carbocycles. The number of aryl methyl sites for hydroxylation is 2. The molecule has 3 heteroatoms. The van der Waals surface area contributed by atoms with Crippen molar-refractivity contribution in [2.45, 2.75) is 52.1 Å². The quantitative estimate of drug-likeness (QED) is 0.810. The van der Waals surface area contributed by atoms with Gasteiger partial charge in [-0.05, 0) is 50.3 Å². The number of hydrogen-bond acceptors (Lipinski definition) is 3. The van der Waals surface area contributed by atoms with Crippen molar-refractivity contribution in [3.63, 3.8) is 0 Å². The minimum absolute atomic E-state index is 0.351. The highest BCUT2D eigenvalue weighted by Crippen LogP contribution is 2.23. The summed E-state index contributed by atoms with van der Waals surface area (Å²) in [4.78, 5) is 0. The second-order valence-electron chi connectivity index (χ2n) is 6.35. The Kier molecular flexibility index (Phi) is 6.52. The van der Waals surface area contributed by atoms with Crippen molar-refractivity contribution in [2.75, 3.05) is 19.7 Å². The van der Waals surface area contributed by atoms with Crippen LogP contribution in [0.25, 0.3) is 0 Å². The highest BCUT2D eigenvalue weighted by molar-refractivity contribution is 5.39. The Bertz CT molecular complexity index is 407. The van der Waals surface area contributed by atoms with Gasteiger partial charge in [0.15, 0.2) is 0 Å². The van der Waals surface area contributed by atoms with E-state index in [1.807, 2.05) is 32.0 Å². The molecule has 2 N–H and O–H groups in total. The summed E-state index contributed by atoms with van der Waals surface area (Å²) in [7, 11) is 0.